The highest BCUT2D eigenvalue weighted by Crippen LogP contribution is 2.31. The maximum Gasteiger partial charge on any atom is 0.255 e. The van der Waals surface area contributed by atoms with Crippen LogP contribution < -0.4 is 10.6 Å². The Kier molecular flexibility index (Phi) is 4.48. The van der Waals surface area contributed by atoms with Crippen LogP contribution in [0.4, 0.5) is 5.69 Å². The van der Waals surface area contributed by atoms with Crippen LogP contribution in [0.5, 0.6) is 0 Å². The molecule has 1 atom stereocenters. The molecule has 2 aliphatic heterocycles. The number of hydrogen-bond acceptors (Lipinski definition) is 5. The fourth-order valence-corrected chi connectivity index (χ4v) is 4.72. The van der Waals surface area contributed by atoms with Crippen molar-refractivity contribution in [1.29, 1.82) is 0 Å². The highest BCUT2D eigenvalue weighted by molar-refractivity contribution is 6.11. The molecule has 8 heteroatoms. The zero-order chi connectivity index (χ0) is 23.4. The van der Waals surface area contributed by atoms with Crippen LogP contribution in [0.25, 0.3) is 21.9 Å². The van der Waals surface area contributed by atoms with Gasteiger partial charge < -0.3 is 14.6 Å². The molecule has 1 saturated heterocycles. The van der Waals surface area contributed by atoms with Gasteiger partial charge in [0.05, 0.1) is 0 Å². The van der Waals surface area contributed by atoms with Gasteiger partial charge in [0.2, 0.25) is 11.8 Å². The van der Waals surface area contributed by atoms with Gasteiger partial charge in [-0.1, -0.05) is 18.2 Å². The Bertz CT molecular complexity index is 1540. The molecule has 0 saturated carbocycles. The average molecular weight is 453 g/mol. The predicted octanol–water partition coefficient (Wildman–Crippen LogP) is 3.60. The van der Waals surface area contributed by atoms with Crippen LogP contribution in [0.2, 0.25) is 0 Å². The minimum absolute atomic E-state index is 0.203. The molecule has 3 heterocycles. The first kappa shape index (κ1) is 20.2. The molecule has 1 fully saturated rings. The first-order valence-corrected chi connectivity index (χ1v) is 11.0. The number of nitrogens with zero attached hydrogens (tertiary/aromatic N) is 1. The van der Waals surface area contributed by atoms with Crippen LogP contribution >= 0.6 is 0 Å². The summed E-state index contributed by atoms with van der Waals surface area (Å²) in [7, 11) is 0. The lowest BCUT2D eigenvalue weighted by molar-refractivity contribution is -0.136. The minimum Gasteiger partial charge on any atom is -0.456 e. The zero-order valence-corrected chi connectivity index (χ0v) is 18.0. The monoisotopic (exact) mass is 453 g/mol. The van der Waals surface area contributed by atoms with Crippen LogP contribution in [-0.2, 0) is 16.1 Å². The normalized spacial score (nSPS) is 17.8. The predicted molar refractivity (Wildman–Crippen MR) is 124 cm³/mol. The maximum absolute atomic E-state index is 13.0. The van der Waals surface area contributed by atoms with Crippen LogP contribution in [0.15, 0.2) is 65.1 Å². The molecule has 0 spiro atoms. The number of furan rings is 1. The van der Waals surface area contributed by atoms with Crippen LogP contribution in [0.1, 0.15) is 39.1 Å². The summed E-state index contributed by atoms with van der Waals surface area (Å²) >= 11 is 0. The number of anilines is 1. The molecule has 4 amide bonds. The van der Waals surface area contributed by atoms with E-state index in [0.29, 0.717) is 28.8 Å². The molecule has 168 valence electrons. The molecule has 2 N–H and O–H groups in total. The summed E-state index contributed by atoms with van der Waals surface area (Å²) in [4.78, 5) is 51.0. The highest BCUT2D eigenvalue weighted by Gasteiger charge is 2.39. The van der Waals surface area contributed by atoms with E-state index in [0.717, 1.165) is 21.9 Å². The SMILES string of the molecule is O=C1CCC(N2Cc3cc(NC(=O)c4ccc5oc6ccccc6c5c4)ccc3C2=O)C(=O)N1. The smallest absolute Gasteiger partial charge is 0.255 e. The largest absolute Gasteiger partial charge is 0.456 e. The second-order valence-corrected chi connectivity index (χ2v) is 8.54. The van der Waals surface area contributed by atoms with E-state index in [1.54, 1.807) is 36.4 Å². The summed E-state index contributed by atoms with van der Waals surface area (Å²) in [6, 6.07) is 17.4. The second kappa shape index (κ2) is 7.55. The van der Waals surface area contributed by atoms with Gasteiger partial charge in [0.1, 0.15) is 17.2 Å². The summed E-state index contributed by atoms with van der Waals surface area (Å²) in [5.41, 5.74) is 3.73. The number of nitrogens with one attached hydrogen (secondary N) is 2. The van der Waals surface area contributed by atoms with Crippen molar-refractivity contribution in [1.82, 2.24) is 10.2 Å². The van der Waals surface area contributed by atoms with Gasteiger partial charge in [-0.2, -0.15) is 0 Å². The lowest BCUT2D eigenvalue weighted by Gasteiger charge is -2.29. The summed E-state index contributed by atoms with van der Waals surface area (Å²) in [5, 5.41) is 6.99. The third-order valence-corrected chi connectivity index (χ3v) is 6.42. The van der Waals surface area contributed by atoms with E-state index in [4.69, 9.17) is 4.42 Å². The number of para-hydroxylation sites is 1. The van der Waals surface area contributed by atoms with E-state index in [9.17, 15) is 19.2 Å². The van der Waals surface area contributed by atoms with E-state index in [1.807, 2.05) is 24.3 Å². The number of benzene rings is 3. The number of imide groups is 1. The molecule has 34 heavy (non-hydrogen) atoms. The molecule has 1 unspecified atom stereocenters. The van der Waals surface area contributed by atoms with Gasteiger partial charge in [0.15, 0.2) is 0 Å². The molecule has 6 rings (SSSR count). The van der Waals surface area contributed by atoms with Gasteiger partial charge in [-0.25, -0.2) is 0 Å². The third-order valence-electron chi connectivity index (χ3n) is 6.42. The number of amides is 4. The molecule has 2 aliphatic rings. The zero-order valence-electron chi connectivity index (χ0n) is 18.0. The van der Waals surface area contributed by atoms with Gasteiger partial charge >= 0.3 is 0 Å². The Morgan fingerprint density at radius 1 is 0.971 bits per heavy atom. The molecule has 3 aromatic carbocycles. The van der Waals surface area contributed by atoms with Crippen LogP contribution in [0.3, 0.4) is 0 Å². The maximum atomic E-state index is 13.0. The molecule has 1 aromatic heterocycles. The van der Waals surface area contributed by atoms with Crippen molar-refractivity contribution in [2.24, 2.45) is 0 Å². The summed E-state index contributed by atoms with van der Waals surface area (Å²) < 4.78 is 5.82. The van der Waals surface area contributed by atoms with Gasteiger partial charge in [-0.15, -0.1) is 0 Å². The Morgan fingerprint density at radius 2 is 1.79 bits per heavy atom. The van der Waals surface area contributed by atoms with Gasteiger partial charge in [-0.3, -0.25) is 24.5 Å². The molecular formula is C26H19N3O5. The number of carbonyl (C=O) groups excluding carboxylic acids is 4. The fraction of sp³-hybridized carbons (Fsp3) is 0.154. The molecule has 8 nitrogen and oxygen atoms in total. The third kappa shape index (κ3) is 3.23. The van der Waals surface area contributed by atoms with E-state index >= 15 is 0 Å². The minimum atomic E-state index is -0.674. The quantitative estimate of drug-likeness (QED) is 0.461. The number of carbonyl (C=O) groups is 4. The molecule has 4 aromatic rings. The number of piperidine rings is 1. The first-order valence-electron chi connectivity index (χ1n) is 11.0. The van der Waals surface area contributed by atoms with Crippen molar-refractivity contribution < 1.29 is 23.6 Å². The summed E-state index contributed by atoms with van der Waals surface area (Å²) in [6.07, 6.45) is 0.507. The standard InChI is InChI=1S/C26H19N3O5/c30-23-10-8-20(25(32)28-23)29-13-15-11-16(6-7-17(15)26(29)33)27-24(31)14-5-9-22-19(12-14)18-3-1-2-4-21(18)34-22/h1-7,9,11-12,20H,8,10,13H2,(H,27,31)(H,28,30,32). The van der Waals surface area contributed by atoms with E-state index in [2.05, 4.69) is 10.6 Å². The van der Waals surface area contributed by atoms with Crippen molar-refractivity contribution in [3.63, 3.8) is 0 Å². The molecule has 0 aliphatic carbocycles. The van der Waals surface area contributed by atoms with Gasteiger partial charge in [-0.05, 0) is 54.4 Å². The first-order chi connectivity index (χ1) is 16.5. The second-order valence-electron chi connectivity index (χ2n) is 8.54. The van der Waals surface area contributed by atoms with Crippen LogP contribution in [0, 0.1) is 0 Å². The van der Waals surface area contributed by atoms with Gasteiger partial charge in [0, 0.05) is 40.6 Å². The molecule has 0 bridgehead atoms. The van der Waals surface area contributed by atoms with E-state index < -0.39 is 11.9 Å². The Morgan fingerprint density at radius 3 is 2.65 bits per heavy atom. The Balaban J connectivity index is 1.23. The number of fused-ring (bicyclic) bond motifs is 4. The van der Waals surface area contributed by atoms with Crippen LogP contribution in [-0.4, -0.2) is 34.6 Å². The topological polar surface area (TPSA) is 109 Å². The number of hydrogen-bond donors (Lipinski definition) is 2. The number of rotatable bonds is 3. The lowest BCUT2D eigenvalue weighted by Crippen LogP contribution is -2.52. The highest BCUT2D eigenvalue weighted by atomic mass is 16.3. The van der Waals surface area contributed by atoms with Gasteiger partial charge in [0.25, 0.3) is 11.8 Å². The van der Waals surface area contributed by atoms with Crippen molar-refractivity contribution >= 4 is 51.3 Å². The summed E-state index contributed by atoms with van der Waals surface area (Å²) in [5.74, 6) is -1.30. The van der Waals surface area contributed by atoms with Crippen molar-refractivity contribution in [3.8, 4) is 0 Å². The fourth-order valence-electron chi connectivity index (χ4n) is 4.72. The van der Waals surface area contributed by atoms with Crippen molar-refractivity contribution in [2.75, 3.05) is 5.32 Å². The summed E-state index contributed by atoms with van der Waals surface area (Å²) in [6.45, 7) is 0.247. The molecule has 0 radical (unpaired) electrons. The lowest BCUT2D eigenvalue weighted by atomic mass is 10.0. The van der Waals surface area contributed by atoms with Crippen molar-refractivity contribution in [2.45, 2.75) is 25.4 Å². The van der Waals surface area contributed by atoms with E-state index in [-0.39, 0.29) is 30.7 Å². The van der Waals surface area contributed by atoms with Crippen molar-refractivity contribution in [3.05, 3.63) is 77.4 Å². The van der Waals surface area contributed by atoms with E-state index in [1.165, 1.54) is 4.90 Å². The average Bonchev–Trinajstić information content (AvgIpc) is 3.36. The Hall–Kier alpha value is -4.46. The molecular weight excluding hydrogens is 434 g/mol. The Labute approximate surface area is 193 Å².